The SMILES string of the molecule is COc1cccc(-c2csc3nc(CN(C)C4CCCCC4)[nH]c(=O)c23)c1. The summed E-state index contributed by atoms with van der Waals surface area (Å²) < 4.78 is 5.31. The molecule has 0 radical (unpaired) electrons. The number of thiophene rings is 1. The van der Waals surface area contributed by atoms with E-state index in [0.717, 1.165) is 27.5 Å². The van der Waals surface area contributed by atoms with E-state index in [4.69, 9.17) is 9.72 Å². The fourth-order valence-electron chi connectivity index (χ4n) is 3.96. The first kappa shape index (κ1) is 18.2. The van der Waals surface area contributed by atoms with Crippen LogP contribution in [-0.4, -0.2) is 35.1 Å². The van der Waals surface area contributed by atoms with Crippen molar-refractivity contribution in [3.05, 3.63) is 45.8 Å². The van der Waals surface area contributed by atoms with Crippen molar-refractivity contribution >= 4 is 21.6 Å². The standard InChI is InChI=1S/C21H25N3O2S/c1-24(15-8-4-3-5-9-15)12-18-22-20(25)19-17(13-27-21(19)23-18)14-7-6-10-16(11-14)26-2/h6-7,10-11,13,15H,3-5,8-9,12H2,1-2H3,(H,22,23,25). The molecule has 6 heteroatoms. The number of nitrogens with one attached hydrogen (secondary N) is 1. The lowest BCUT2D eigenvalue weighted by molar-refractivity contribution is 0.181. The molecule has 0 aliphatic heterocycles. The molecule has 0 atom stereocenters. The Hall–Kier alpha value is -2.18. The van der Waals surface area contributed by atoms with Gasteiger partial charge in [0.2, 0.25) is 0 Å². The van der Waals surface area contributed by atoms with Crippen LogP contribution in [0.3, 0.4) is 0 Å². The Balaban J connectivity index is 1.64. The van der Waals surface area contributed by atoms with Gasteiger partial charge in [-0.3, -0.25) is 9.69 Å². The zero-order valence-electron chi connectivity index (χ0n) is 15.8. The van der Waals surface area contributed by atoms with Crippen LogP contribution in [0, 0.1) is 0 Å². The normalized spacial score (nSPS) is 15.5. The average molecular weight is 384 g/mol. The number of methoxy groups -OCH3 is 1. The number of aromatic amines is 1. The average Bonchev–Trinajstić information content (AvgIpc) is 3.13. The summed E-state index contributed by atoms with van der Waals surface area (Å²) in [5, 5.41) is 2.67. The molecule has 1 aliphatic carbocycles. The van der Waals surface area contributed by atoms with Crippen molar-refractivity contribution in [2.75, 3.05) is 14.2 Å². The number of aromatic nitrogens is 2. The van der Waals surface area contributed by atoms with Crippen LogP contribution in [0.5, 0.6) is 5.75 Å². The molecule has 1 aliphatic rings. The summed E-state index contributed by atoms with van der Waals surface area (Å²) in [6.07, 6.45) is 6.41. The zero-order chi connectivity index (χ0) is 18.8. The molecule has 27 heavy (non-hydrogen) atoms. The lowest BCUT2D eigenvalue weighted by Gasteiger charge is -2.30. The molecule has 142 valence electrons. The van der Waals surface area contributed by atoms with Crippen molar-refractivity contribution in [3.63, 3.8) is 0 Å². The molecule has 0 bridgehead atoms. The van der Waals surface area contributed by atoms with Crippen molar-refractivity contribution in [2.45, 2.75) is 44.7 Å². The Morgan fingerprint density at radius 2 is 2.11 bits per heavy atom. The van der Waals surface area contributed by atoms with E-state index in [-0.39, 0.29) is 5.56 Å². The van der Waals surface area contributed by atoms with E-state index in [9.17, 15) is 4.79 Å². The molecule has 5 nitrogen and oxygen atoms in total. The Morgan fingerprint density at radius 1 is 1.30 bits per heavy atom. The van der Waals surface area contributed by atoms with Crippen LogP contribution in [0.15, 0.2) is 34.4 Å². The Morgan fingerprint density at radius 3 is 2.89 bits per heavy atom. The molecule has 1 aromatic carbocycles. The largest absolute Gasteiger partial charge is 0.497 e. The molecule has 4 rings (SSSR count). The zero-order valence-corrected chi connectivity index (χ0v) is 16.6. The summed E-state index contributed by atoms with van der Waals surface area (Å²) in [5.74, 6) is 1.53. The van der Waals surface area contributed by atoms with Gasteiger partial charge in [0.1, 0.15) is 16.4 Å². The lowest BCUT2D eigenvalue weighted by Crippen LogP contribution is -2.34. The summed E-state index contributed by atoms with van der Waals surface area (Å²) in [6, 6.07) is 8.38. The summed E-state index contributed by atoms with van der Waals surface area (Å²) in [4.78, 5) is 23.7. The van der Waals surface area contributed by atoms with E-state index in [1.807, 2.05) is 29.6 Å². The first-order valence-corrected chi connectivity index (χ1v) is 10.4. The van der Waals surface area contributed by atoms with Crippen LogP contribution in [0.1, 0.15) is 37.9 Å². The molecule has 1 saturated carbocycles. The third-order valence-electron chi connectivity index (χ3n) is 5.47. The molecular formula is C21H25N3O2S. The minimum atomic E-state index is -0.0638. The third-order valence-corrected chi connectivity index (χ3v) is 6.34. The molecule has 0 amide bonds. The third kappa shape index (κ3) is 3.77. The molecule has 0 saturated heterocycles. The highest BCUT2D eigenvalue weighted by Crippen LogP contribution is 2.32. The molecule has 2 heterocycles. The van der Waals surface area contributed by atoms with E-state index in [0.29, 0.717) is 18.0 Å². The monoisotopic (exact) mass is 383 g/mol. The van der Waals surface area contributed by atoms with Crippen molar-refractivity contribution in [1.29, 1.82) is 0 Å². The van der Waals surface area contributed by atoms with Gasteiger partial charge in [0.25, 0.3) is 5.56 Å². The van der Waals surface area contributed by atoms with Crippen LogP contribution in [0.25, 0.3) is 21.3 Å². The fraction of sp³-hybridized carbons (Fsp3) is 0.429. The predicted molar refractivity (Wildman–Crippen MR) is 111 cm³/mol. The molecule has 2 aromatic heterocycles. The quantitative estimate of drug-likeness (QED) is 0.708. The summed E-state index contributed by atoms with van der Waals surface area (Å²) in [7, 11) is 3.78. The van der Waals surface area contributed by atoms with Crippen molar-refractivity contribution < 1.29 is 4.74 Å². The maximum Gasteiger partial charge on any atom is 0.260 e. The second-order valence-electron chi connectivity index (χ2n) is 7.28. The van der Waals surface area contributed by atoms with Gasteiger partial charge in [0.15, 0.2) is 0 Å². The number of benzene rings is 1. The number of rotatable bonds is 5. The minimum absolute atomic E-state index is 0.0638. The maximum atomic E-state index is 12.8. The van der Waals surface area contributed by atoms with Crippen LogP contribution in [0.4, 0.5) is 0 Å². The van der Waals surface area contributed by atoms with Crippen LogP contribution in [-0.2, 0) is 6.54 Å². The highest BCUT2D eigenvalue weighted by molar-refractivity contribution is 7.17. The first-order valence-electron chi connectivity index (χ1n) is 9.51. The fourth-order valence-corrected chi connectivity index (χ4v) is 4.93. The highest BCUT2D eigenvalue weighted by Gasteiger charge is 2.20. The minimum Gasteiger partial charge on any atom is -0.497 e. The van der Waals surface area contributed by atoms with Gasteiger partial charge < -0.3 is 9.72 Å². The van der Waals surface area contributed by atoms with Gasteiger partial charge in [-0.05, 0) is 37.6 Å². The number of ether oxygens (including phenoxy) is 1. The molecule has 0 spiro atoms. The van der Waals surface area contributed by atoms with Gasteiger partial charge in [-0.15, -0.1) is 11.3 Å². The number of hydrogen-bond donors (Lipinski definition) is 1. The molecule has 1 fully saturated rings. The smallest absolute Gasteiger partial charge is 0.260 e. The topological polar surface area (TPSA) is 58.2 Å². The van der Waals surface area contributed by atoms with Gasteiger partial charge in [-0.2, -0.15) is 0 Å². The molecule has 0 unspecified atom stereocenters. The van der Waals surface area contributed by atoms with E-state index in [1.165, 1.54) is 43.4 Å². The van der Waals surface area contributed by atoms with Crippen molar-refractivity contribution in [2.24, 2.45) is 0 Å². The van der Waals surface area contributed by atoms with Gasteiger partial charge in [-0.1, -0.05) is 31.4 Å². The van der Waals surface area contributed by atoms with Crippen LogP contribution >= 0.6 is 11.3 Å². The van der Waals surface area contributed by atoms with Crippen LogP contribution < -0.4 is 10.3 Å². The van der Waals surface area contributed by atoms with Crippen LogP contribution in [0.2, 0.25) is 0 Å². The van der Waals surface area contributed by atoms with Gasteiger partial charge in [0.05, 0.1) is 19.0 Å². The van der Waals surface area contributed by atoms with E-state index in [2.05, 4.69) is 16.9 Å². The van der Waals surface area contributed by atoms with Gasteiger partial charge in [-0.25, -0.2) is 4.98 Å². The van der Waals surface area contributed by atoms with Crippen molar-refractivity contribution in [3.8, 4) is 16.9 Å². The highest BCUT2D eigenvalue weighted by atomic mass is 32.1. The van der Waals surface area contributed by atoms with E-state index < -0.39 is 0 Å². The number of nitrogens with zero attached hydrogens (tertiary/aromatic N) is 2. The summed E-state index contributed by atoms with van der Waals surface area (Å²) >= 11 is 1.52. The van der Waals surface area contributed by atoms with E-state index >= 15 is 0 Å². The molecular weight excluding hydrogens is 358 g/mol. The number of H-pyrrole nitrogens is 1. The summed E-state index contributed by atoms with van der Waals surface area (Å²) in [6.45, 7) is 0.683. The van der Waals surface area contributed by atoms with Crippen molar-refractivity contribution in [1.82, 2.24) is 14.9 Å². The van der Waals surface area contributed by atoms with Gasteiger partial charge in [0, 0.05) is 17.0 Å². The second kappa shape index (κ2) is 7.82. The number of hydrogen-bond acceptors (Lipinski definition) is 5. The lowest BCUT2D eigenvalue weighted by atomic mass is 9.94. The molecule has 3 aromatic rings. The predicted octanol–water partition coefficient (Wildman–Crippen LogP) is 4.42. The summed E-state index contributed by atoms with van der Waals surface area (Å²) in [5.41, 5.74) is 1.82. The second-order valence-corrected chi connectivity index (χ2v) is 8.14. The Bertz CT molecular complexity index is 989. The van der Waals surface area contributed by atoms with Gasteiger partial charge >= 0.3 is 0 Å². The maximum absolute atomic E-state index is 12.8. The van der Waals surface area contributed by atoms with E-state index in [1.54, 1.807) is 7.11 Å². The Labute approximate surface area is 163 Å². The molecule has 1 N–H and O–H groups in total. The Kier molecular flexibility index (Phi) is 5.27. The first-order chi connectivity index (χ1) is 13.2. The number of fused-ring (bicyclic) bond motifs is 1.